The summed E-state index contributed by atoms with van der Waals surface area (Å²) in [4.78, 5) is 17.0. The molecule has 0 atom stereocenters. The van der Waals surface area contributed by atoms with Gasteiger partial charge in [0.15, 0.2) is 0 Å². The molecule has 112 valence electrons. The van der Waals surface area contributed by atoms with Gasteiger partial charge in [-0.25, -0.2) is 4.98 Å². The lowest BCUT2D eigenvalue weighted by atomic mass is 10.5. The molecule has 0 saturated carbocycles. The van der Waals surface area contributed by atoms with Crippen molar-refractivity contribution in [3.8, 4) is 6.01 Å². The third-order valence-corrected chi connectivity index (χ3v) is 3.34. The van der Waals surface area contributed by atoms with Gasteiger partial charge in [-0.15, -0.1) is 0 Å². The summed E-state index contributed by atoms with van der Waals surface area (Å²) in [5, 5.41) is 5.01. The molecule has 0 fully saturated rings. The molecule has 2 aromatic heterocycles. The van der Waals surface area contributed by atoms with Crippen molar-refractivity contribution in [1.82, 2.24) is 19.9 Å². The summed E-state index contributed by atoms with van der Waals surface area (Å²) in [6.45, 7) is 5.25. The van der Waals surface area contributed by atoms with E-state index in [0.29, 0.717) is 28.7 Å². The number of hydrogen-bond donors (Lipinski definition) is 1. The fourth-order valence-electron chi connectivity index (χ4n) is 1.41. The van der Waals surface area contributed by atoms with E-state index in [9.17, 15) is 0 Å². The highest BCUT2D eigenvalue weighted by atomic mass is 35.5. The Kier molecular flexibility index (Phi) is 6.01. The second-order valence-corrected chi connectivity index (χ2v) is 5.42. The smallest absolute Gasteiger partial charge is 0.322 e. The zero-order valence-corrected chi connectivity index (χ0v) is 13.4. The van der Waals surface area contributed by atoms with Crippen molar-refractivity contribution in [3.05, 3.63) is 23.4 Å². The van der Waals surface area contributed by atoms with E-state index < -0.39 is 0 Å². The lowest BCUT2D eigenvalue weighted by molar-refractivity contribution is 0.308. The SMILES string of the molecule is CCCNc1nc(OCC)nc(Sc2ccc(Cl)cn2)n1. The van der Waals surface area contributed by atoms with Crippen LogP contribution >= 0.6 is 23.4 Å². The van der Waals surface area contributed by atoms with Gasteiger partial charge in [0.1, 0.15) is 5.03 Å². The number of pyridine rings is 1. The highest BCUT2D eigenvalue weighted by Gasteiger charge is 2.09. The average molecular weight is 326 g/mol. The van der Waals surface area contributed by atoms with E-state index in [2.05, 4.69) is 32.2 Å². The zero-order valence-electron chi connectivity index (χ0n) is 11.8. The predicted octanol–water partition coefficient (Wildman–Crippen LogP) is 3.29. The van der Waals surface area contributed by atoms with Crippen molar-refractivity contribution in [2.75, 3.05) is 18.5 Å². The van der Waals surface area contributed by atoms with Crippen molar-refractivity contribution in [2.24, 2.45) is 0 Å². The number of halogens is 1. The summed E-state index contributed by atoms with van der Waals surface area (Å²) in [5.74, 6) is 0.506. The van der Waals surface area contributed by atoms with Gasteiger partial charge in [-0.1, -0.05) is 18.5 Å². The van der Waals surface area contributed by atoms with E-state index in [1.54, 1.807) is 12.3 Å². The Morgan fingerprint density at radius 3 is 2.76 bits per heavy atom. The van der Waals surface area contributed by atoms with Crippen LogP contribution in [0.5, 0.6) is 6.01 Å². The van der Waals surface area contributed by atoms with Gasteiger partial charge in [0.25, 0.3) is 0 Å². The van der Waals surface area contributed by atoms with Crippen LogP contribution in [0.2, 0.25) is 5.02 Å². The van der Waals surface area contributed by atoms with Gasteiger partial charge in [0.2, 0.25) is 11.1 Å². The average Bonchev–Trinajstić information content (AvgIpc) is 2.48. The molecule has 0 bridgehead atoms. The summed E-state index contributed by atoms with van der Waals surface area (Å²) in [6, 6.07) is 3.90. The first kappa shape index (κ1) is 15.8. The van der Waals surface area contributed by atoms with Crippen molar-refractivity contribution in [2.45, 2.75) is 30.5 Å². The maximum atomic E-state index is 5.82. The molecule has 0 aliphatic rings. The second kappa shape index (κ2) is 7.99. The number of hydrogen-bond acceptors (Lipinski definition) is 7. The molecule has 0 aliphatic heterocycles. The molecule has 2 aromatic rings. The third kappa shape index (κ3) is 5.02. The van der Waals surface area contributed by atoms with Crippen LogP contribution in [0.25, 0.3) is 0 Å². The van der Waals surface area contributed by atoms with Gasteiger partial charge >= 0.3 is 6.01 Å². The monoisotopic (exact) mass is 325 g/mol. The number of anilines is 1. The first-order chi connectivity index (χ1) is 10.2. The fraction of sp³-hybridized carbons (Fsp3) is 0.385. The Hall–Kier alpha value is -1.60. The molecule has 0 spiro atoms. The van der Waals surface area contributed by atoms with Crippen molar-refractivity contribution in [3.63, 3.8) is 0 Å². The van der Waals surface area contributed by atoms with Gasteiger partial charge in [-0.2, -0.15) is 15.0 Å². The molecular weight excluding hydrogens is 310 g/mol. The molecule has 6 nitrogen and oxygen atoms in total. The Balaban J connectivity index is 2.19. The zero-order chi connectivity index (χ0) is 15.1. The lowest BCUT2D eigenvalue weighted by Gasteiger charge is -2.07. The minimum Gasteiger partial charge on any atom is -0.464 e. The Morgan fingerprint density at radius 1 is 1.24 bits per heavy atom. The van der Waals surface area contributed by atoms with Gasteiger partial charge < -0.3 is 10.1 Å². The fourth-order valence-corrected chi connectivity index (χ4v) is 2.21. The van der Waals surface area contributed by atoms with Gasteiger partial charge in [-0.05, 0) is 37.2 Å². The lowest BCUT2D eigenvalue weighted by Crippen LogP contribution is -2.08. The minimum absolute atomic E-state index is 0.308. The Bertz CT molecular complexity index is 581. The summed E-state index contributed by atoms with van der Waals surface area (Å²) in [6.07, 6.45) is 2.57. The van der Waals surface area contributed by atoms with E-state index in [-0.39, 0.29) is 0 Å². The molecule has 2 heterocycles. The van der Waals surface area contributed by atoms with Crippen molar-refractivity contribution >= 4 is 29.3 Å². The highest BCUT2D eigenvalue weighted by molar-refractivity contribution is 7.99. The van der Waals surface area contributed by atoms with Crippen LogP contribution in [0.1, 0.15) is 20.3 Å². The van der Waals surface area contributed by atoms with Gasteiger partial charge in [0, 0.05) is 12.7 Å². The third-order valence-electron chi connectivity index (χ3n) is 2.30. The van der Waals surface area contributed by atoms with Crippen LogP contribution in [0.3, 0.4) is 0 Å². The van der Waals surface area contributed by atoms with Crippen LogP contribution in [0.4, 0.5) is 5.95 Å². The van der Waals surface area contributed by atoms with Crippen LogP contribution in [-0.2, 0) is 0 Å². The maximum Gasteiger partial charge on any atom is 0.322 e. The summed E-state index contributed by atoms with van der Waals surface area (Å²) in [5.41, 5.74) is 0. The first-order valence-corrected chi connectivity index (χ1v) is 7.83. The van der Waals surface area contributed by atoms with E-state index in [1.807, 2.05) is 13.0 Å². The molecule has 21 heavy (non-hydrogen) atoms. The maximum absolute atomic E-state index is 5.82. The second-order valence-electron chi connectivity index (χ2n) is 4.00. The molecule has 0 saturated heterocycles. The molecule has 8 heteroatoms. The van der Waals surface area contributed by atoms with E-state index in [1.165, 1.54) is 11.8 Å². The topological polar surface area (TPSA) is 72.8 Å². The number of rotatable bonds is 7. The first-order valence-electron chi connectivity index (χ1n) is 6.63. The molecule has 0 aromatic carbocycles. The van der Waals surface area contributed by atoms with Crippen LogP contribution in [-0.4, -0.2) is 33.1 Å². The quantitative estimate of drug-likeness (QED) is 0.837. The largest absolute Gasteiger partial charge is 0.464 e. The van der Waals surface area contributed by atoms with Gasteiger partial charge in [0.05, 0.1) is 11.6 Å². The summed E-state index contributed by atoms with van der Waals surface area (Å²) in [7, 11) is 0. The number of ether oxygens (including phenoxy) is 1. The summed E-state index contributed by atoms with van der Waals surface area (Å²) < 4.78 is 5.37. The summed E-state index contributed by atoms with van der Waals surface area (Å²) >= 11 is 7.15. The van der Waals surface area contributed by atoms with Crippen molar-refractivity contribution < 1.29 is 4.74 Å². The molecular formula is C13H16ClN5OS. The van der Waals surface area contributed by atoms with Crippen LogP contribution < -0.4 is 10.1 Å². The Labute approximate surface area is 132 Å². The number of aromatic nitrogens is 4. The van der Waals surface area contributed by atoms with Crippen LogP contribution in [0, 0.1) is 0 Å². The standard InChI is InChI=1S/C13H16ClN5OS/c1-3-7-15-11-17-12(20-4-2)19-13(18-11)21-10-6-5-9(14)8-16-10/h5-6,8H,3-4,7H2,1-2H3,(H,15,17,18,19). The number of nitrogens with zero attached hydrogens (tertiary/aromatic N) is 4. The predicted molar refractivity (Wildman–Crippen MR) is 83.1 cm³/mol. The van der Waals surface area contributed by atoms with Gasteiger partial charge in [-0.3, -0.25) is 0 Å². The van der Waals surface area contributed by atoms with Crippen LogP contribution in [0.15, 0.2) is 28.5 Å². The number of nitrogens with one attached hydrogen (secondary N) is 1. The molecule has 0 radical (unpaired) electrons. The normalized spacial score (nSPS) is 10.4. The Morgan fingerprint density at radius 2 is 2.10 bits per heavy atom. The molecule has 0 unspecified atom stereocenters. The van der Waals surface area contributed by atoms with E-state index >= 15 is 0 Å². The highest BCUT2D eigenvalue weighted by Crippen LogP contribution is 2.25. The van der Waals surface area contributed by atoms with E-state index in [0.717, 1.165) is 18.0 Å². The molecule has 0 amide bonds. The minimum atomic E-state index is 0.308. The molecule has 1 N–H and O–H groups in total. The van der Waals surface area contributed by atoms with Crippen molar-refractivity contribution in [1.29, 1.82) is 0 Å². The molecule has 2 rings (SSSR count). The van der Waals surface area contributed by atoms with E-state index in [4.69, 9.17) is 16.3 Å². The molecule has 0 aliphatic carbocycles.